The van der Waals surface area contributed by atoms with Crippen molar-refractivity contribution in [1.29, 1.82) is 0 Å². The number of rotatable bonds is 6. The molecule has 3 N–H and O–H groups in total. The van der Waals surface area contributed by atoms with Gasteiger partial charge in [0.2, 0.25) is 11.2 Å². The summed E-state index contributed by atoms with van der Waals surface area (Å²) in [4.78, 5) is 31.0. The molecule has 1 amide bonds. The van der Waals surface area contributed by atoms with Gasteiger partial charge >= 0.3 is 0 Å². The highest BCUT2D eigenvalue weighted by atomic mass is 35.5. The molecule has 1 atom stereocenters. The summed E-state index contributed by atoms with van der Waals surface area (Å²) in [7, 11) is 0. The lowest BCUT2D eigenvalue weighted by Crippen LogP contribution is -2.32. The van der Waals surface area contributed by atoms with Crippen molar-refractivity contribution in [3.8, 4) is 0 Å². The molecule has 0 bridgehead atoms. The molecule has 7 nitrogen and oxygen atoms in total. The summed E-state index contributed by atoms with van der Waals surface area (Å²) >= 11 is 13.3. The van der Waals surface area contributed by atoms with E-state index in [9.17, 15) is 4.79 Å². The predicted molar refractivity (Wildman–Crippen MR) is 112 cm³/mol. The zero-order valence-electron chi connectivity index (χ0n) is 14.8. The summed E-state index contributed by atoms with van der Waals surface area (Å²) in [6.45, 7) is 2.34. The zero-order chi connectivity index (χ0) is 19.7. The maximum atomic E-state index is 12.5. The molecule has 4 aromatic rings. The molecule has 3 heterocycles. The number of benzene rings is 1. The Balaban J connectivity index is 1.38. The molecule has 0 fully saturated rings. The Hall–Kier alpha value is -2.29. The van der Waals surface area contributed by atoms with Crippen LogP contribution in [0.5, 0.6) is 0 Å². The SMILES string of the molecule is CC(Sc1nc(Cl)nc2nc[nH]c12)C(=O)NCCc1c[nH]c2ccc(Cl)cc12. The van der Waals surface area contributed by atoms with E-state index in [0.29, 0.717) is 34.2 Å². The average Bonchev–Trinajstić information content (AvgIpc) is 3.28. The second kappa shape index (κ2) is 7.98. The summed E-state index contributed by atoms with van der Waals surface area (Å²) in [5.74, 6) is -0.0785. The van der Waals surface area contributed by atoms with E-state index in [0.717, 1.165) is 16.5 Å². The van der Waals surface area contributed by atoms with E-state index in [1.165, 1.54) is 18.1 Å². The number of amides is 1. The molecule has 0 aliphatic carbocycles. The maximum absolute atomic E-state index is 12.5. The van der Waals surface area contributed by atoms with Gasteiger partial charge in [-0.1, -0.05) is 23.4 Å². The van der Waals surface area contributed by atoms with Crippen molar-refractivity contribution in [2.45, 2.75) is 23.6 Å². The first kappa shape index (κ1) is 19.0. The van der Waals surface area contributed by atoms with Gasteiger partial charge in [0.1, 0.15) is 10.5 Å². The van der Waals surface area contributed by atoms with E-state index >= 15 is 0 Å². The van der Waals surface area contributed by atoms with Crippen LogP contribution in [0.3, 0.4) is 0 Å². The minimum absolute atomic E-state index is 0.0785. The van der Waals surface area contributed by atoms with Crippen molar-refractivity contribution in [3.63, 3.8) is 0 Å². The summed E-state index contributed by atoms with van der Waals surface area (Å²) in [6, 6.07) is 5.72. The number of hydrogen-bond acceptors (Lipinski definition) is 5. The van der Waals surface area contributed by atoms with Crippen LogP contribution >= 0.6 is 35.0 Å². The number of nitrogens with zero attached hydrogens (tertiary/aromatic N) is 3. The van der Waals surface area contributed by atoms with Gasteiger partial charge in [0.05, 0.1) is 11.6 Å². The van der Waals surface area contributed by atoms with Gasteiger partial charge in [0, 0.05) is 28.7 Å². The first-order valence-corrected chi connectivity index (χ1v) is 10.2. The number of aromatic amines is 2. The molecular weight excluding hydrogens is 419 g/mol. The van der Waals surface area contributed by atoms with Gasteiger partial charge in [-0.05, 0) is 48.7 Å². The fraction of sp³-hybridized carbons (Fsp3) is 0.222. The molecule has 4 rings (SSSR count). The Kier molecular flexibility index (Phi) is 5.43. The van der Waals surface area contributed by atoms with E-state index in [1.807, 2.05) is 31.3 Å². The van der Waals surface area contributed by atoms with E-state index < -0.39 is 0 Å². The van der Waals surface area contributed by atoms with Crippen LogP contribution in [-0.2, 0) is 11.2 Å². The number of H-pyrrole nitrogens is 2. The van der Waals surface area contributed by atoms with Crippen LogP contribution in [0.1, 0.15) is 12.5 Å². The van der Waals surface area contributed by atoms with E-state index in [1.54, 1.807) is 0 Å². The zero-order valence-corrected chi connectivity index (χ0v) is 17.1. The lowest BCUT2D eigenvalue weighted by atomic mass is 10.1. The number of aromatic nitrogens is 5. The Morgan fingerprint density at radius 3 is 3.00 bits per heavy atom. The second-order valence-electron chi connectivity index (χ2n) is 6.20. The van der Waals surface area contributed by atoms with Gasteiger partial charge < -0.3 is 15.3 Å². The van der Waals surface area contributed by atoms with Gasteiger partial charge in [0.15, 0.2) is 5.65 Å². The maximum Gasteiger partial charge on any atom is 0.233 e. The van der Waals surface area contributed by atoms with Gasteiger partial charge in [-0.2, -0.15) is 4.98 Å². The molecule has 0 saturated heterocycles. The lowest BCUT2D eigenvalue weighted by Gasteiger charge is -2.12. The van der Waals surface area contributed by atoms with Crippen LogP contribution in [0.4, 0.5) is 0 Å². The van der Waals surface area contributed by atoms with E-state index in [2.05, 4.69) is 30.2 Å². The molecule has 28 heavy (non-hydrogen) atoms. The Morgan fingerprint density at radius 2 is 2.14 bits per heavy atom. The van der Waals surface area contributed by atoms with Crippen molar-refractivity contribution in [2.75, 3.05) is 6.54 Å². The lowest BCUT2D eigenvalue weighted by molar-refractivity contribution is -0.120. The molecule has 1 unspecified atom stereocenters. The van der Waals surface area contributed by atoms with Crippen LogP contribution in [0.2, 0.25) is 10.3 Å². The molecule has 0 spiro atoms. The number of hydrogen-bond donors (Lipinski definition) is 3. The van der Waals surface area contributed by atoms with Crippen LogP contribution < -0.4 is 5.32 Å². The third-order valence-corrected chi connectivity index (χ3v) is 5.80. The van der Waals surface area contributed by atoms with Crippen molar-refractivity contribution >= 4 is 62.9 Å². The van der Waals surface area contributed by atoms with E-state index in [-0.39, 0.29) is 16.4 Å². The first-order chi connectivity index (χ1) is 13.5. The molecule has 1 aromatic carbocycles. The van der Waals surface area contributed by atoms with Crippen LogP contribution in [0.15, 0.2) is 35.7 Å². The minimum Gasteiger partial charge on any atom is -0.361 e. The van der Waals surface area contributed by atoms with E-state index in [4.69, 9.17) is 23.2 Å². The summed E-state index contributed by atoms with van der Waals surface area (Å²) < 4.78 is 0. The number of carbonyl (C=O) groups is 1. The summed E-state index contributed by atoms with van der Waals surface area (Å²) in [6.07, 6.45) is 4.18. The summed E-state index contributed by atoms with van der Waals surface area (Å²) in [5.41, 5.74) is 3.29. The van der Waals surface area contributed by atoms with Crippen LogP contribution in [0.25, 0.3) is 22.1 Å². The van der Waals surface area contributed by atoms with Crippen molar-refractivity contribution in [2.24, 2.45) is 0 Å². The quantitative estimate of drug-likeness (QED) is 0.242. The highest BCUT2D eigenvalue weighted by Gasteiger charge is 2.18. The Morgan fingerprint density at radius 1 is 1.29 bits per heavy atom. The molecule has 10 heteroatoms. The third-order valence-electron chi connectivity index (χ3n) is 4.31. The standard InChI is InChI=1S/C18H16Cl2N6OS/c1-9(28-17-14-15(24-8-23-14)25-18(20)26-17)16(27)21-5-4-10-7-22-13-3-2-11(19)6-12(10)13/h2-3,6-9,22H,4-5H2,1H3,(H,21,27)(H,23,24,25,26). The van der Waals surface area contributed by atoms with Crippen molar-refractivity contribution in [1.82, 2.24) is 30.2 Å². The number of fused-ring (bicyclic) bond motifs is 2. The molecular formula is C18H16Cl2N6OS. The largest absolute Gasteiger partial charge is 0.361 e. The fourth-order valence-corrected chi connectivity index (χ4v) is 4.23. The van der Waals surface area contributed by atoms with Crippen molar-refractivity contribution < 1.29 is 4.79 Å². The average molecular weight is 435 g/mol. The molecule has 0 saturated carbocycles. The van der Waals surface area contributed by atoms with Gasteiger partial charge in [-0.25, -0.2) is 9.97 Å². The molecule has 0 aliphatic heterocycles. The smallest absolute Gasteiger partial charge is 0.233 e. The topological polar surface area (TPSA) is 99.3 Å². The third kappa shape index (κ3) is 3.94. The fourth-order valence-electron chi connectivity index (χ4n) is 2.91. The van der Waals surface area contributed by atoms with Gasteiger partial charge in [-0.3, -0.25) is 4.79 Å². The number of halogens is 2. The molecule has 3 aromatic heterocycles. The normalized spacial score (nSPS) is 12.5. The summed E-state index contributed by atoms with van der Waals surface area (Å²) in [5, 5.41) is 5.08. The van der Waals surface area contributed by atoms with Gasteiger partial charge in [-0.15, -0.1) is 0 Å². The van der Waals surface area contributed by atoms with Crippen molar-refractivity contribution in [3.05, 3.63) is 46.6 Å². The number of carbonyl (C=O) groups excluding carboxylic acids is 1. The minimum atomic E-state index is -0.352. The Bertz CT molecular complexity index is 1160. The number of imidazole rings is 1. The Labute approximate surface area is 174 Å². The molecule has 144 valence electrons. The monoisotopic (exact) mass is 434 g/mol. The second-order valence-corrected chi connectivity index (χ2v) is 8.31. The molecule has 0 aliphatic rings. The predicted octanol–water partition coefficient (Wildman–Crippen LogP) is 3.98. The number of thioether (sulfide) groups is 1. The van der Waals surface area contributed by atoms with Gasteiger partial charge in [0.25, 0.3) is 0 Å². The highest BCUT2D eigenvalue weighted by molar-refractivity contribution is 8.00. The first-order valence-electron chi connectivity index (χ1n) is 8.58. The molecule has 0 radical (unpaired) electrons. The highest BCUT2D eigenvalue weighted by Crippen LogP contribution is 2.28. The van der Waals surface area contributed by atoms with Crippen LogP contribution in [-0.4, -0.2) is 42.6 Å². The number of nitrogens with one attached hydrogen (secondary N) is 3. The van der Waals surface area contributed by atoms with Crippen LogP contribution in [0, 0.1) is 0 Å².